The van der Waals surface area contributed by atoms with E-state index in [-0.39, 0.29) is 0 Å². The first-order valence-electron chi connectivity index (χ1n) is 3.17. The van der Waals surface area contributed by atoms with E-state index in [4.69, 9.17) is 0 Å². The van der Waals surface area contributed by atoms with Crippen molar-refractivity contribution in [3.63, 3.8) is 0 Å². The number of hydrogen-bond acceptors (Lipinski definition) is 3. The fourth-order valence-electron chi connectivity index (χ4n) is 0.968. The summed E-state index contributed by atoms with van der Waals surface area (Å²) in [7, 11) is 4.00. The van der Waals surface area contributed by atoms with Gasteiger partial charge in [0.25, 0.3) is 0 Å². The molecule has 1 aliphatic heterocycles. The molecule has 3 nitrogen and oxygen atoms in total. The van der Waals surface area contributed by atoms with Gasteiger partial charge in [0.2, 0.25) is 0 Å². The van der Waals surface area contributed by atoms with Gasteiger partial charge in [0.15, 0.2) is 0 Å². The molecule has 0 unspecified atom stereocenters. The molecule has 0 radical (unpaired) electrons. The van der Waals surface area contributed by atoms with Crippen molar-refractivity contribution in [1.29, 1.82) is 0 Å². The van der Waals surface area contributed by atoms with Crippen molar-refractivity contribution in [3.05, 3.63) is 11.9 Å². The summed E-state index contributed by atoms with van der Waals surface area (Å²) >= 11 is 0. The molecule has 0 saturated heterocycles. The summed E-state index contributed by atoms with van der Waals surface area (Å²) in [6, 6.07) is 0. The summed E-state index contributed by atoms with van der Waals surface area (Å²) in [5.41, 5.74) is 4.41. The molecule has 1 heterocycles. The maximum Gasteiger partial charge on any atom is 0.0479 e. The lowest BCUT2D eigenvalue weighted by Crippen LogP contribution is -2.35. The normalized spacial score (nSPS) is 18.8. The smallest absolute Gasteiger partial charge is 0.0479 e. The number of nitrogens with zero attached hydrogens (tertiary/aromatic N) is 2. The van der Waals surface area contributed by atoms with Crippen molar-refractivity contribution in [1.82, 2.24) is 15.6 Å². The van der Waals surface area contributed by atoms with Gasteiger partial charge in [-0.1, -0.05) is 6.92 Å². The van der Waals surface area contributed by atoms with E-state index in [9.17, 15) is 0 Å². The zero-order valence-electron chi connectivity index (χ0n) is 6.18. The highest BCUT2D eigenvalue weighted by Crippen LogP contribution is 2.09. The Bertz CT molecular complexity index is 130. The molecule has 52 valence electrons. The van der Waals surface area contributed by atoms with E-state index in [1.807, 2.05) is 24.1 Å². The summed E-state index contributed by atoms with van der Waals surface area (Å²) in [6.07, 6.45) is 3.16. The Morgan fingerprint density at radius 2 is 2.22 bits per heavy atom. The third-order valence-corrected chi connectivity index (χ3v) is 1.44. The molecular formula is C6H13N3. The van der Waals surface area contributed by atoms with Crippen LogP contribution in [0.2, 0.25) is 0 Å². The predicted octanol–water partition coefficient (Wildman–Crippen LogP) is 0.535. The number of rotatable bonds is 1. The molecule has 0 aliphatic carbocycles. The fraction of sp³-hybridized carbons (Fsp3) is 0.667. The lowest BCUT2D eigenvalue weighted by molar-refractivity contribution is 0.180. The second-order valence-corrected chi connectivity index (χ2v) is 2.24. The molecule has 3 heteroatoms. The van der Waals surface area contributed by atoms with Crippen molar-refractivity contribution in [2.75, 3.05) is 14.1 Å². The molecule has 1 rings (SSSR count). The van der Waals surface area contributed by atoms with Crippen LogP contribution >= 0.6 is 0 Å². The van der Waals surface area contributed by atoms with Crippen LogP contribution < -0.4 is 5.53 Å². The van der Waals surface area contributed by atoms with Gasteiger partial charge in [0.05, 0.1) is 0 Å². The minimum absolute atomic E-state index is 1.08. The maximum atomic E-state index is 3.09. The Kier molecular flexibility index (Phi) is 1.62. The molecule has 1 aliphatic rings. The third kappa shape index (κ3) is 1.16. The molecule has 0 aromatic carbocycles. The molecule has 1 N–H and O–H groups in total. The summed E-state index contributed by atoms with van der Waals surface area (Å²) in [5.74, 6) is 0. The summed E-state index contributed by atoms with van der Waals surface area (Å²) in [5, 5.41) is 3.96. The van der Waals surface area contributed by atoms with Gasteiger partial charge in [-0.2, -0.15) is 0 Å². The Morgan fingerprint density at radius 3 is 2.44 bits per heavy atom. The average molecular weight is 127 g/mol. The maximum absolute atomic E-state index is 3.09. The van der Waals surface area contributed by atoms with Crippen LogP contribution in [-0.4, -0.2) is 24.1 Å². The zero-order valence-corrected chi connectivity index (χ0v) is 6.18. The van der Waals surface area contributed by atoms with Gasteiger partial charge >= 0.3 is 0 Å². The quantitative estimate of drug-likeness (QED) is 0.554. The van der Waals surface area contributed by atoms with Crippen molar-refractivity contribution < 1.29 is 0 Å². The highest BCUT2D eigenvalue weighted by atomic mass is 15.8. The van der Waals surface area contributed by atoms with Gasteiger partial charge in [-0.15, -0.1) is 5.53 Å². The zero-order chi connectivity index (χ0) is 6.85. The first kappa shape index (κ1) is 6.42. The fourth-order valence-corrected chi connectivity index (χ4v) is 0.968. The molecule has 0 fully saturated rings. The van der Waals surface area contributed by atoms with Crippen LogP contribution in [0, 0.1) is 0 Å². The van der Waals surface area contributed by atoms with E-state index in [2.05, 4.69) is 18.7 Å². The van der Waals surface area contributed by atoms with E-state index < -0.39 is 0 Å². The summed E-state index contributed by atoms with van der Waals surface area (Å²) < 4.78 is 0. The van der Waals surface area contributed by atoms with Gasteiger partial charge in [0, 0.05) is 26.0 Å². The van der Waals surface area contributed by atoms with Crippen molar-refractivity contribution in [2.24, 2.45) is 0 Å². The second-order valence-electron chi connectivity index (χ2n) is 2.24. The predicted molar refractivity (Wildman–Crippen MR) is 37.0 cm³/mol. The highest BCUT2D eigenvalue weighted by Gasteiger charge is 2.10. The van der Waals surface area contributed by atoms with Crippen molar-refractivity contribution >= 4 is 0 Å². The molecule has 0 aromatic heterocycles. The van der Waals surface area contributed by atoms with E-state index in [1.165, 1.54) is 5.70 Å². The lowest BCUT2D eigenvalue weighted by Gasteiger charge is -2.16. The van der Waals surface area contributed by atoms with Gasteiger partial charge in [0.1, 0.15) is 0 Å². The van der Waals surface area contributed by atoms with Crippen LogP contribution in [0.1, 0.15) is 13.3 Å². The lowest BCUT2D eigenvalue weighted by atomic mass is 10.4. The topological polar surface area (TPSA) is 18.5 Å². The largest absolute Gasteiger partial charge is 0.299 e. The summed E-state index contributed by atoms with van der Waals surface area (Å²) in [6.45, 7) is 2.14. The van der Waals surface area contributed by atoms with Gasteiger partial charge in [-0.3, -0.25) is 10.0 Å². The first-order chi connectivity index (χ1) is 4.24. The monoisotopic (exact) mass is 127 g/mol. The number of nitrogens with one attached hydrogen (secondary N) is 1. The minimum Gasteiger partial charge on any atom is -0.299 e. The minimum atomic E-state index is 1.08. The van der Waals surface area contributed by atoms with E-state index in [0.717, 1.165) is 6.42 Å². The average Bonchev–Trinajstić information content (AvgIpc) is 2.10. The van der Waals surface area contributed by atoms with Gasteiger partial charge < -0.3 is 0 Å². The standard InChI is InChI=1S/C6H13N3/c1-4-6-5-8(2)7-9(6)3/h5,7H,4H2,1-3H3. The van der Waals surface area contributed by atoms with Gasteiger partial charge in [-0.05, 0) is 6.42 Å². The summed E-state index contributed by atoms with van der Waals surface area (Å²) in [4.78, 5) is 0. The molecule has 0 aromatic rings. The van der Waals surface area contributed by atoms with Crippen LogP contribution in [0.25, 0.3) is 0 Å². The molecular weight excluding hydrogens is 114 g/mol. The SMILES string of the molecule is CCC1=CN(C)NN1C. The van der Waals surface area contributed by atoms with E-state index in [1.54, 1.807) is 0 Å². The Labute approximate surface area is 55.9 Å². The number of allylic oxidation sites excluding steroid dienone is 1. The van der Waals surface area contributed by atoms with Crippen LogP contribution in [0.3, 0.4) is 0 Å². The number of hydrazine groups is 2. The van der Waals surface area contributed by atoms with Crippen LogP contribution in [0.4, 0.5) is 0 Å². The van der Waals surface area contributed by atoms with Crippen LogP contribution in [0.5, 0.6) is 0 Å². The Balaban J connectivity index is 2.57. The van der Waals surface area contributed by atoms with Gasteiger partial charge in [-0.25, -0.2) is 0 Å². The molecule has 0 atom stereocenters. The molecule has 0 saturated carbocycles. The third-order valence-electron chi connectivity index (χ3n) is 1.44. The van der Waals surface area contributed by atoms with Crippen molar-refractivity contribution in [2.45, 2.75) is 13.3 Å². The Hall–Kier alpha value is -0.700. The molecule has 9 heavy (non-hydrogen) atoms. The molecule has 0 amide bonds. The van der Waals surface area contributed by atoms with Crippen LogP contribution in [0.15, 0.2) is 11.9 Å². The molecule has 0 spiro atoms. The van der Waals surface area contributed by atoms with E-state index in [0.29, 0.717) is 0 Å². The van der Waals surface area contributed by atoms with Crippen LogP contribution in [-0.2, 0) is 0 Å². The van der Waals surface area contributed by atoms with E-state index >= 15 is 0 Å². The second kappa shape index (κ2) is 2.27. The Morgan fingerprint density at radius 1 is 1.56 bits per heavy atom. The first-order valence-corrected chi connectivity index (χ1v) is 3.17. The highest BCUT2D eigenvalue weighted by molar-refractivity contribution is 5.00. The van der Waals surface area contributed by atoms with Crippen molar-refractivity contribution in [3.8, 4) is 0 Å². The number of hydrogen-bond donors (Lipinski definition) is 1. The molecule has 0 bridgehead atoms.